The van der Waals surface area contributed by atoms with Gasteiger partial charge in [0.25, 0.3) is 5.91 Å². The fraction of sp³-hybridized carbons (Fsp3) is 0.385. The first-order chi connectivity index (χ1) is 10.5. The molecule has 1 aromatic rings. The zero-order valence-electron chi connectivity index (χ0n) is 12.0. The summed E-state index contributed by atoms with van der Waals surface area (Å²) in [5.41, 5.74) is 4.08. The minimum absolute atomic E-state index is 0.0228. The number of rotatable bonds is 8. The highest BCUT2D eigenvalue weighted by Gasteiger charge is 2.15. The molecule has 0 bridgehead atoms. The van der Waals surface area contributed by atoms with Crippen molar-refractivity contribution in [2.45, 2.75) is 13.3 Å². The van der Waals surface area contributed by atoms with Crippen LogP contribution in [-0.4, -0.2) is 36.6 Å². The van der Waals surface area contributed by atoms with Crippen LogP contribution in [0.3, 0.4) is 0 Å². The van der Waals surface area contributed by atoms with E-state index in [-0.39, 0.29) is 24.5 Å². The number of para-hydroxylation sites is 2. The van der Waals surface area contributed by atoms with E-state index in [2.05, 4.69) is 10.9 Å². The molecule has 0 aliphatic heterocycles. The van der Waals surface area contributed by atoms with Crippen LogP contribution in [0.2, 0.25) is 0 Å². The Morgan fingerprint density at radius 1 is 1.23 bits per heavy atom. The van der Waals surface area contributed by atoms with Crippen molar-refractivity contribution in [3.05, 3.63) is 34.4 Å². The highest BCUT2D eigenvalue weighted by Crippen LogP contribution is 2.25. The Morgan fingerprint density at radius 3 is 2.59 bits per heavy atom. The lowest BCUT2D eigenvalue weighted by Crippen LogP contribution is -2.44. The third-order valence-corrected chi connectivity index (χ3v) is 2.44. The van der Waals surface area contributed by atoms with E-state index in [1.807, 2.05) is 0 Å². The topological polar surface area (TPSA) is 120 Å². The lowest BCUT2D eigenvalue weighted by Gasteiger charge is -2.09. The highest BCUT2D eigenvalue weighted by atomic mass is 16.6. The highest BCUT2D eigenvalue weighted by molar-refractivity contribution is 5.82. The minimum atomic E-state index is -0.636. The number of nitro groups is 1. The molecule has 0 spiro atoms. The van der Waals surface area contributed by atoms with Gasteiger partial charge < -0.3 is 9.47 Å². The van der Waals surface area contributed by atoms with Crippen molar-refractivity contribution in [3.8, 4) is 5.75 Å². The van der Waals surface area contributed by atoms with Gasteiger partial charge in [-0.1, -0.05) is 12.1 Å². The van der Waals surface area contributed by atoms with Crippen LogP contribution in [0.15, 0.2) is 24.3 Å². The van der Waals surface area contributed by atoms with Gasteiger partial charge in [0.15, 0.2) is 12.4 Å². The second-order valence-electron chi connectivity index (χ2n) is 4.06. The van der Waals surface area contributed by atoms with Gasteiger partial charge in [-0.05, 0) is 13.0 Å². The molecule has 9 heteroatoms. The van der Waals surface area contributed by atoms with Gasteiger partial charge in [-0.2, -0.15) is 0 Å². The van der Waals surface area contributed by atoms with Crippen molar-refractivity contribution in [2.75, 3.05) is 19.8 Å². The molecule has 9 nitrogen and oxygen atoms in total. The lowest BCUT2D eigenvalue weighted by molar-refractivity contribution is -0.385. The maximum absolute atomic E-state index is 11.5. The number of hydrazine groups is 1. The standard InChI is InChI=1S/C13H17N3O6/c1-2-21-8-7-12(17)14-15-13(18)9-22-11-6-4-3-5-10(11)16(19)20/h3-6H,2,7-9H2,1H3,(H,14,17)(H,15,18). The summed E-state index contributed by atoms with van der Waals surface area (Å²) in [6.45, 7) is 2.10. The Kier molecular flexibility index (Phi) is 7.34. The van der Waals surface area contributed by atoms with E-state index < -0.39 is 23.3 Å². The number of amides is 2. The average Bonchev–Trinajstić information content (AvgIpc) is 2.51. The zero-order valence-corrected chi connectivity index (χ0v) is 12.0. The van der Waals surface area contributed by atoms with E-state index >= 15 is 0 Å². The van der Waals surface area contributed by atoms with Crippen molar-refractivity contribution < 1.29 is 24.0 Å². The molecule has 0 fully saturated rings. The van der Waals surface area contributed by atoms with Crippen molar-refractivity contribution in [1.82, 2.24) is 10.9 Å². The molecule has 0 atom stereocenters. The number of hydrogen-bond acceptors (Lipinski definition) is 6. The van der Waals surface area contributed by atoms with Gasteiger partial charge in [0.2, 0.25) is 5.91 Å². The summed E-state index contributed by atoms with van der Waals surface area (Å²) in [5, 5.41) is 10.8. The minimum Gasteiger partial charge on any atom is -0.477 e. The van der Waals surface area contributed by atoms with E-state index in [0.29, 0.717) is 6.61 Å². The first kappa shape index (κ1) is 17.4. The maximum atomic E-state index is 11.5. The third-order valence-electron chi connectivity index (χ3n) is 2.44. The third kappa shape index (κ3) is 6.18. The Morgan fingerprint density at radius 2 is 1.91 bits per heavy atom. The van der Waals surface area contributed by atoms with Gasteiger partial charge in [-0.15, -0.1) is 0 Å². The van der Waals surface area contributed by atoms with Gasteiger partial charge in [-0.25, -0.2) is 0 Å². The number of nitrogens with zero attached hydrogens (tertiary/aromatic N) is 1. The van der Waals surface area contributed by atoms with E-state index in [4.69, 9.17) is 9.47 Å². The van der Waals surface area contributed by atoms with Crippen molar-refractivity contribution in [3.63, 3.8) is 0 Å². The molecule has 0 aromatic heterocycles. The summed E-state index contributed by atoms with van der Waals surface area (Å²) in [6, 6.07) is 5.69. The average molecular weight is 311 g/mol. The van der Waals surface area contributed by atoms with Crippen molar-refractivity contribution in [2.24, 2.45) is 0 Å². The van der Waals surface area contributed by atoms with Crippen LogP contribution in [0, 0.1) is 10.1 Å². The lowest BCUT2D eigenvalue weighted by atomic mass is 10.3. The number of carbonyl (C=O) groups is 2. The molecule has 0 unspecified atom stereocenters. The molecule has 120 valence electrons. The summed E-state index contributed by atoms with van der Waals surface area (Å²) >= 11 is 0. The quantitative estimate of drug-likeness (QED) is 0.411. The van der Waals surface area contributed by atoms with Crippen LogP contribution in [0.25, 0.3) is 0 Å². The largest absolute Gasteiger partial charge is 0.477 e. The summed E-state index contributed by atoms with van der Waals surface area (Å²) in [7, 11) is 0. The normalized spacial score (nSPS) is 9.86. The molecule has 2 N–H and O–H groups in total. The number of nitro benzene ring substituents is 1. The Hall–Kier alpha value is -2.68. The van der Waals surface area contributed by atoms with E-state index in [0.717, 1.165) is 0 Å². The van der Waals surface area contributed by atoms with Gasteiger partial charge in [0.05, 0.1) is 18.0 Å². The Balaban J connectivity index is 2.35. The first-order valence-corrected chi connectivity index (χ1v) is 6.56. The van der Waals surface area contributed by atoms with Crippen LogP contribution >= 0.6 is 0 Å². The second kappa shape index (κ2) is 9.29. The Labute approximate surface area is 126 Å². The molecule has 2 amide bonds. The fourth-order valence-corrected chi connectivity index (χ4v) is 1.42. The predicted molar refractivity (Wildman–Crippen MR) is 76.0 cm³/mol. The molecule has 0 heterocycles. The van der Waals surface area contributed by atoms with Crippen molar-refractivity contribution in [1.29, 1.82) is 0 Å². The molecule has 22 heavy (non-hydrogen) atoms. The molecule has 0 radical (unpaired) electrons. The molecular formula is C13H17N3O6. The maximum Gasteiger partial charge on any atom is 0.310 e. The van der Waals surface area contributed by atoms with Crippen LogP contribution in [0.1, 0.15) is 13.3 Å². The van der Waals surface area contributed by atoms with Gasteiger partial charge in [-0.3, -0.25) is 30.6 Å². The predicted octanol–water partition coefficient (Wildman–Crippen LogP) is 0.548. The molecule has 0 aliphatic rings. The number of carbonyl (C=O) groups excluding carboxylic acids is 2. The summed E-state index contributed by atoms with van der Waals surface area (Å²) in [6.07, 6.45) is 0.110. The summed E-state index contributed by atoms with van der Waals surface area (Å²) < 4.78 is 10.1. The van der Waals surface area contributed by atoms with Gasteiger partial charge in [0.1, 0.15) is 0 Å². The monoisotopic (exact) mass is 311 g/mol. The second-order valence-corrected chi connectivity index (χ2v) is 4.06. The fourth-order valence-electron chi connectivity index (χ4n) is 1.42. The molecular weight excluding hydrogens is 294 g/mol. The summed E-state index contributed by atoms with van der Waals surface area (Å²) in [5.74, 6) is -1.07. The van der Waals surface area contributed by atoms with E-state index in [1.165, 1.54) is 18.2 Å². The van der Waals surface area contributed by atoms with Crippen LogP contribution in [-0.2, 0) is 14.3 Å². The van der Waals surface area contributed by atoms with Gasteiger partial charge in [0, 0.05) is 12.7 Å². The summed E-state index contributed by atoms with van der Waals surface area (Å²) in [4.78, 5) is 32.9. The number of ether oxygens (including phenoxy) is 2. The van der Waals surface area contributed by atoms with Crippen LogP contribution < -0.4 is 15.6 Å². The zero-order chi connectivity index (χ0) is 16.4. The van der Waals surface area contributed by atoms with E-state index in [9.17, 15) is 19.7 Å². The first-order valence-electron chi connectivity index (χ1n) is 6.56. The molecule has 0 saturated carbocycles. The molecule has 0 aliphatic carbocycles. The number of benzene rings is 1. The van der Waals surface area contributed by atoms with Gasteiger partial charge >= 0.3 is 5.69 Å². The van der Waals surface area contributed by atoms with Crippen LogP contribution in [0.4, 0.5) is 5.69 Å². The number of hydrogen-bond donors (Lipinski definition) is 2. The molecule has 1 rings (SSSR count). The van der Waals surface area contributed by atoms with Crippen LogP contribution in [0.5, 0.6) is 5.75 Å². The van der Waals surface area contributed by atoms with E-state index in [1.54, 1.807) is 13.0 Å². The SMILES string of the molecule is CCOCCC(=O)NNC(=O)COc1ccccc1[N+](=O)[O-]. The molecule has 1 aromatic carbocycles. The molecule has 0 saturated heterocycles. The van der Waals surface area contributed by atoms with Crippen molar-refractivity contribution >= 4 is 17.5 Å². The number of nitrogens with one attached hydrogen (secondary N) is 2. The smallest absolute Gasteiger partial charge is 0.310 e. The Bertz CT molecular complexity index is 534.